The third-order valence-electron chi connectivity index (χ3n) is 6.17. The number of aliphatic hydroxyl groups excluding tert-OH is 4. The molecule has 0 saturated carbocycles. The fourth-order valence-electron chi connectivity index (χ4n) is 4.28. The Morgan fingerprint density at radius 3 is 2.53 bits per heavy atom. The van der Waals surface area contributed by atoms with Crippen LogP contribution in [0.4, 0.5) is 0 Å². The van der Waals surface area contributed by atoms with E-state index in [1.165, 1.54) is 7.11 Å². The highest BCUT2D eigenvalue weighted by molar-refractivity contribution is 6.31. The normalized spacial score (nSPS) is 32.2. The van der Waals surface area contributed by atoms with Crippen LogP contribution in [0.2, 0.25) is 5.02 Å². The summed E-state index contributed by atoms with van der Waals surface area (Å²) in [6.45, 7) is 1.10. The van der Waals surface area contributed by atoms with Crippen LogP contribution in [0.5, 0.6) is 0 Å². The molecule has 0 unspecified atom stereocenters. The van der Waals surface area contributed by atoms with Crippen LogP contribution < -0.4 is 0 Å². The zero-order chi connectivity index (χ0) is 23.1. The molecule has 2 aliphatic rings. The van der Waals surface area contributed by atoms with Crippen molar-refractivity contribution in [1.82, 2.24) is 0 Å². The fraction of sp³-hybridized carbons (Fsp3) is 0.435. The minimum absolute atomic E-state index is 0.180. The van der Waals surface area contributed by atoms with Gasteiger partial charge < -0.3 is 34.7 Å². The molecule has 2 aliphatic heterocycles. The first kappa shape index (κ1) is 23.1. The molecule has 0 radical (unpaired) electrons. The van der Waals surface area contributed by atoms with E-state index in [1.54, 1.807) is 18.2 Å². The van der Waals surface area contributed by atoms with Gasteiger partial charge in [-0.05, 0) is 42.2 Å². The quantitative estimate of drug-likeness (QED) is 0.376. The smallest absolute Gasteiger partial charge is 0.225 e. The summed E-state index contributed by atoms with van der Waals surface area (Å²) in [6.07, 6.45) is -4.11. The first-order valence-electron chi connectivity index (χ1n) is 10.2. The third kappa shape index (κ3) is 3.72. The van der Waals surface area contributed by atoms with Crippen LogP contribution >= 0.6 is 11.6 Å². The predicted octanol–water partition coefficient (Wildman–Crippen LogP) is 1.33. The molecule has 172 valence electrons. The molecule has 0 spiro atoms. The van der Waals surface area contributed by atoms with Crippen molar-refractivity contribution < 1.29 is 34.7 Å². The van der Waals surface area contributed by atoms with Gasteiger partial charge in [0.1, 0.15) is 31.0 Å². The summed E-state index contributed by atoms with van der Waals surface area (Å²) in [6, 6.07) is 12.8. The Kier molecular flexibility index (Phi) is 6.30. The maximum absolute atomic E-state index is 10.7. The van der Waals surface area contributed by atoms with E-state index in [0.29, 0.717) is 17.0 Å². The van der Waals surface area contributed by atoms with Gasteiger partial charge in [-0.1, -0.05) is 47.1 Å². The van der Waals surface area contributed by atoms with E-state index >= 15 is 0 Å². The average Bonchev–Trinajstić information content (AvgIpc) is 3.19. The van der Waals surface area contributed by atoms with Crippen molar-refractivity contribution in [3.8, 4) is 0 Å². The van der Waals surface area contributed by atoms with E-state index < -0.39 is 36.3 Å². The van der Waals surface area contributed by atoms with Gasteiger partial charge >= 0.3 is 0 Å². The Balaban J connectivity index is 1.64. The minimum Gasteiger partial charge on any atom is -0.399 e. The molecule has 2 bridgehead atoms. The van der Waals surface area contributed by atoms with Gasteiger partial charge in [-0.2, -0.15) is 0 Å². The van der Waals surface area contributed by atoms with Crippen molar-refractivity contribution in [2.45, 2.75) is 43.0 Å². The second-order valence-corrected chi connectivity index (χ2v) is 8.61. The SMILES string of the molecule is CON=C(C)c1ccc(Cc2cc([C@]34OC[C@](CO)(O3)[C@@H](O)[C@H](O)[C@H]4O)ccc2Cl)cc1. The topological polar surface area (TPSA) is 121 Å². The average molecular weight is 464 g/mol. The van der Waals surface area contributed by atoms with Gasteiger partial charge in [-0.25, -0.2) is 0 Å². The number of oxime groups is 1. The van der Waals surface area contributed by atoms with E-state index in [9.17, 15) is 20.4 Å². The van der Waals surface area contributed by atoms with Crippen LogP contribution in [0.3, 0.4) is 0 Å². The summed E-state index contributed by atoms with van der Waals surface area (Å²) in [5.41, 5.74) is 2.36. The van der Waals surface area contributed by atoms with Gasteiger partial charge in [-0.3, -0.25) is 0 Å². The predicted molar refractivity (Wildman–Crippen MR) is 116 cm³/mol. The van der Waals surface area contributed by atoms with Crippen LogP contribution in [0, 0.1) is 0 Å². The number of ether oxygens (including phenoxy) is 2. The molecule has 2 aromatic rings. The van der Waals surface area contributed by atoms with Crippen LogP contribution in [0.25, 0.3) is 0 Å². The summed E-state index contributed by atoms with van der Waals surface area (Å²) in [5.74, 6) is -1.72. The standard InChI is InChI=1S/C23H26ClNO7/c1-13(25-30-2)15-5-3-14(4-6-15)9-16-10-17(7-8-18(16)24)23-21(29)19(27)20(28)22(11-26,32-23)12-31-23/h3-8,10,19-21,26-29H,9,11-12H2,1-2H3/t19-,20-,21+,22-,23-/m0/s1. The van der Waals surface area contributed by atoms with Crippen LogP contribution in [-0.4, -0.2) is 70.4 Å². The van der Waals surface area contributed by atoms with Crippen LogP contribution in [0.1, 0.15) is 29.2 Å². The first-order chi connectivity index (χ1) is 15.3. The summed E-state index contributed by atoms with van der Waals surface area (Å²) in [4.78, 5) is 4.81. The first-order valence-corrected chi connectivity index (χ1v) is 10.6. The van der Waals surface area contributed by atoms with Crippen molar-refractivity contribution in [3.05, 3.63) is 69.7 Å². The lowest BCUT2D eigenvalue weighted by molar-refractivity contribution is -0.329. The molecule has 2 heterocycles. The van der Waals surface area contributed by atoms with E-state index in [4.69, 9.17) is 25.9 Å². The number of fused-ring (bicyclic) bond motifs is 2. The maximum atomic E-state index is 10.7. The van der Waals surface area contributed by atoms with E-state index in [-0.39, 0.29) is 6.61 Å². The molecule has 9 heteroatoms. The Morgan fingerprint density at radius 2 is 1.88 bits per heavy atom. The van der Waals surface area contributed by atoms with Crippen LogP contribution in [-0.2, 0) is 26.5 Å². The fourth-order valence-corrected chi connectivity index (χ4v) is 4.46. The minimum atomic E-state index is -1.72. The molecule has 0 aliphatic carbocycles. The zero-order valence-electron chi connectivity index (χ0n) is 17.7. The lowest BCUT2D eigenvalue weighted by atomic mass is 9.83. The van der Waals surface area contributed by atoms with Crippen molar-refractivity contribution >= 4 is 17.3 Å². The van der Waals surface area contributed by atoms with Gasteiger partial charge in [0.25, 0.3) is 0 Å². The number of benzene rings is 2. The van der Waals surface area contributed by atoms with E-state index in [1.807, 2.05) is 31.2 Å². The molecule has 32 heavy (non-hydrogen) atoms. The molecule has 5 atom stereocenters. The molecule has 2 fully saturated rings. The Hall–Kier alpha value is -2.04. The highest BCUT2D eigenvalue weighted by Crippen LogP contribution is 2.49. The molecular weight excluding hydrogens is 438 g/mol. The maximum Gasteiger partial charge on any atom is 0.225 e. The third-order valence-corrected chi connectivity index (χ3v) is 6.54. The number of hydrogen-bond donors (Lipinski definition) is 4. The Morgan fingerprint density at radius 1 is 1.16 bits per heavy atom. The van der Waals surface area contributed by atoms with Crippen molar-refractivity contribution in [2.75, 3.05) is 20.3 Å². The molecule has 2 saturated heterocycles. The number of nitrogens with zero attached hydrogens (tertiary/aromatic N) is 1. The molecule has 2 aromatic carbocycles. The molecule has 0 amide bonds. The summed E-state index contributed by atoms with van der Waals surface area (Å²) < 4.78 is 11.7. The van der Waals surface area contributed by atoms with E-state index in [2.05, 4.69) is 5.16 Å². The largest absolute Gasteiger partial charge is 0.399 e. The number of halogens is 1. The van der Waals surface area contributed by atoms with Gasteiger partial charge in [0.05, 0.1) is 18.9 Å². The highest BCUT2D eigenvalue weighted by Gasteiger charge is 2.67. The highest BCUT2D eigenvalue weighted by atomic mass is 35.5. The molecular formula is C23H26ClNO7. The second kappa shape index (κ2) is 8.72. The number of rotatable bonds is 6. The zero-order valence-corrected chi connectivity index (χ0v) is 18.5. The summed E-state index contributed by atoms with van der Waals surface area (Å²) >= 11 is 6.44. The van der Waals surface area contributed by atoms with Crippen LogP contribution in [0.15, 0.2) is 47.6 Å². The summed E-state index contributed by atoms with van der Waals surface area (Å²) in [5, 5.41) is 45.7. The lowest BCUT2D eigenvalue weighted by Crippen LogP contribution is -2.65. The molecule has 0 aromatic heterocycles. The monoisotopic (exact) mass is 463 g/mol. The second-order valence-electron chi connectivity index (χ2n) is 8.20. The van der Waals surface area contributed by atoms with Gasteiger partial charge in [0.2, 0.25) is 5.79 Å². The molecule has 8 nitrogen and oxygen atoms in total. The van der Waals surface area contributed by atoms with Crippen molar-refractivity contribution in [1.29, 1.82) is 0 Å². The lowest BCUT2D eigenvalue weighted by Gasteiger charge is -2.46. The molecule has 4 rings (SSSR count). The number of hydrogen-bond acceptors (Lipinski definition) is 8. The van der Waals surface area contributed by atoms with E-state index in [0.717, 1.165) is 22.4 Å². The molecule has 4 N–H and O–H groups in total. The van der Waals surface area contributed by atoms with Gasteiger partial charge in [-0.15, -0.1) is 0 Å². The Bertz CT molecular complexity index is 1010. The van der Waals surface area contributed by atoms with Crippen molar-refractivity contribution in [3.63, 3.8) is 0 Å². The van der Waals surface area contributed by atoms with Gasteiger partial charge in [0.15, 0.2) is 0 Å². The Labute approximate surface area is 190 Å². The summed E-state index contributed by atoms with van der Waals surface area (Å²) in [7, 11) is 1.50. The number of aliphatic hydroxyl groups is 4. The van der Waals surface area contributed by atoms with Crippen molar-refractivity contribution in [2.24, 2.45) is 5.16 Å². The van der Waals surface area contributed by atoms with Gasteiger partial charge in [0, 0.05) is 10.6 Å².